The number of carbonyl (C=O) groups is 1. The van der Waals surface area contributed by atoms with Crippen LogP contribution in [0, 0.1) is 19.7 Å². The lowest BCUT2D eigenvalue weighted by molar-refractivity contribution is -0.123. The Morgan fingerprint density at radius 3 is 2.56 bits per heavy atom. The summed E-state index contributed by atoms with van der Waals surface area (Å²) in [5, 5.41) is 7.38. The fourth-order valence-corrected chi connectivity index (χ4v) is 2.84. The molecule has 0 atom stereocenters. The number of amides is 1. The minimum atomic E-state index is -0.487. The number of hydrogen-bond acceptors (Lipinski definition) is 3. The number of rotatable bonds is 7. The average Bonchev–Trinajstić information content (AvgIpc) is 2.93. The van der Waals surface area contributed by atoms with E-state index >= 15 is 0 Å². The summed E-state index contributed by atoms with van der Waals surface area (Å²) in [6.07, 6.45) is 0. The van der Waals surface area contributed by atoms with E-state index in [1.165, 1.54) is 12.1 Å². The highest BCUT2D eigenvalue weighted by atomic mass is 19.1. The molecule has 27 heavy (non-hydrogen) atoms. The maximum atomic E-state index is 13.5. The molecule has 1 aromatic heterocycles. The van der Waals surface area contributed by atoms with Gasteiger partial charge < -0.3 is 10.1 Å². The number of aromatic nitrogens is 2. The largest absolute Gasteiger partial charge is 0.481 e. The van der Waals surface area contributed by atoms with Crippen molar-refractivity contribution in [3.63, 3.8) is 0 Å². The van der Waals surface area contributed by atoms with Gasteiger partial charge in [0, 0.05) is 17.8 Å². The Hall–Kier alpha value is -3.15. The van der Waals surface area contributed by atoms with Crippen LogP contribution in [0.15, 0.2) is 54.6 Å². The number of aryl methyl sites for hydroxylation is 1. The van der Waals surface area contributed by atoms with Crippen molar-refractivity contribution in [1.82, 2.24) is 15.1 Å². The summed E-state index contributed by atoms with van der Waals surface area (Å²) < 4.78 is 20.7. The number of hydrogen-bond donors (Lipinski definition) is 1. The molecule has 0 unspecified atom stereocenters. The van der Waals surface area contributed by atoms with Crippen molar-refractivity contribution in [2.24, 2.45) is 0 Å². The van der Waals surface area contributed by atoms with Gasteiger partial charge in [-0.2, -0.15) is 5.10 Å². The van der Waals surface area contributed by atoms with Gasteiger partial charge in [-0.15, -0.1) is 0 Å². The second-order valence-electron chi connectivity index (χ2n) is 6.29. The fourth-order valence-electron chi connectivity index (χ4n) is 2.84. The van der Waals surface area contributed by atoms with Crippen LogP contribution in [0.1, 0.15) is 22.5 Å². The van der Waals surface area contributed by atoms with Crippen LogP contribution in [0.3, 0.4) is 0 Å². The molecule has 3 aromatic rings. The van der Waals surface area contributed by atoms with Crippen LogP contribution in [0.4, 0.5) is 4.39 Å². The van der Waals surface area contributed by atoms with Crippen LogP contribution in [0.2, 0.25) is 0 Å². The monoisotopic (exact) mass is 367 g/mol. The van der Waals surface area contributed by atoms with E-state index in [1.807, 2.05) is 36.7 Å². The van der Waals surface area contributed by atoms with Gasteiger partial charge in [0.1, 0.15) is 0 Å². The molecule has 0 bridgehead atoms. The molecule has 0 radical (unpaired) electrons. The number of para-hydroxylation sites is 1. The Bertz CT molecular complexity index is 922. The highest BCUT2D eigenvalue weighted by Gasteiger charge is 2.13. The maximum Gasteiger partial charge on any atom is 0.258 e. The highest BCUT2D eigenvalue weighted by Crippen LogP contribution is 2.16. The number of carbonyl (C=O) groups excluding carboxylic acids is 1. The maximum absolute atomic E-state index is 13.5. The number of benzene rings is 2. The van der Waals surface area contributed by atoms with Crippen molar-refractivity contribution in [2.75, 3.05) is 6.61 Å². The van der Waals surface area contributed by atoms with Gasteiger partial charge in [0.25, 0.3) is 5.91 Å². The van der Waals surface area contributed by atoms with Crippen LogP contribution in [0.5, 0.6) is 5.75 Å². The molecule has 1 amide bonds. The van der Waals surface area contributed by atoms with E-state index in [0.717, 1.165) is 22.5 Å². The third-order valence-electron chi connectivity index (χ3n) is 4.36. The number of halogens is 1. The van der Waals surface area contributed by atoms with Gasteiger partial charge in [-0.25, -0.2) is 4.39 Å². The Morgan fingerprint density at radius 1 is 1.11 bits per heavy atom. The van der Waals surface area contributed by atoms with Gasteiger partial charge in [0.05, 0.1) is 12.2 Å². The predicted octanol–water partition coefficient (Wildman–Crippen LogP) is 3.38. The van der Waals surface area contributed by atoms with Gasteiger partial charge in [-0.3, -0.25) is 9.48 Å². The van der Waals surface area contributed by atoms with E-state index in [9.17, 15) is 9.18 Å². The first-order chi connectivity index (χ1) is 13.0. The summed E-state index contributed by atoms with van der Waals surface area (Å²) in [6, 6.07) is 16.1. The van der Waals surface area contributed by atoms with Crippen molar-refractivity contribution in [1.29, 1.82) is 0 Å². The first kappa shape index (κ1) is 18.6. The van der Waals surface area contributed by atoms with Crippen LogP contribution < -0.4 is 10.1 Å². The van der Waals surface area contributed by atoms with E-state index < -0.39 is 5.82 Å². The fraction of sp³-hybridized carbons (Fsp3) is 0.238. The van der Waals surface area contributed by atoms with Crippen LogP contribution in [0.25, 0.3) is 0 Å². The minimum absolute atomic E-state index is 0.0655. The predicted molar refractivity (Wildman–Crippen MR) is 101 cm³/mol. The smallest absolute Gasteiger partial charge is 0.258 e. The molecule has 0 aliphatic heterocycles. The first-order valence-corrected chi connectivity index (χ1v) is 8.75. The summed E-state index contributed by atoms with van der Waals surface area (Å²) in [4.78, 5) is 12.0. The molecule has 0 aliphatic carbocycles. The van der Waals surface area contributed by atoms with E-state index in [1.54, 1.807) is 12.1 Å². The zero-order chi connectivity index (χ0) is 19.2. The van der Waals surface area contributed by atoms with E-state index in [2.05, 4.69) is 22.5 Å². The minimum Gasteiger partial charge on any atom is -0.481 e. The van der Waals surface area contributed by atoms with Gasteiger partial charge in [-0.1, -0.05) is 42.5 Å². The molecule has 3 rings (SSSR count). The van der Waals surface area contributed by atoms with Crippen molar-refractivity contribution in [3.05, 3.63) is 82.9 Å². The Labute approximate surface area is 157 Å². The lowest BCUT2D eigenvalue weighted by Gasteiger charge is -2.09. The molecule has 5 nitrogen and oxygen atoms in total. The Kier molecular flexibility index (Phi) is 5.86. The van der Waals surface area contributed by atoms with E-state index in [4.69, 9.17) is 4.74 Å². The summed E-state index contributed by atoms with van der Waals surface area (Å²) in [5.41, 5.74) is 4.02. The van der Waals surface area contributed by atoms with Crippen LogP contribution >= 0.6 is 0 Å². The third kappa shape index (κ3) is 4.73. The summed E-state index contributed by atoms with van der Waals surface area (Å²) in [7, 11) is 0. The molecule has 0 saturated carbocycles. The Morgan fingerprint density at radius 2 is 1.81 bits per heavy atom. The average molecular weight is 367 g/mol. The second-order valence-corrected chi connectivity index (χ2v) is 6.29. The SMILES string of the molecule is Cc1nn(Cc2ccccc2)c(C)c1CNC(=O)COc1ccccc1F. The van der Waals surface area contributed by atoms with Gasteiger partial charge in [0.15, 0.2) is 18.2 Å². The number of nitrogens with zero attached hydrogens (tertiary/aromatic N) is 2. The highest BCUT2D eigenvalue weighted by molar-refractivity contribution is 5.77. The van der Waals surface area contributed by atoms with Crippen molar-refractivity contribution >= 4 is 5.91 Å². The van der Waals surface area contributed by atoms with Crippen molar-refractivity contribution < 1.29 is 13.9 Å². The van der Waals surface area contributed by atoms with Crippen molar-refractivity contribution in [2.45, 2.75) is 26.9 Å². The van der Waals surface area contributed by atoms with Crippen molar-refractivity contribution in [3.8, 4) is 5.75 Å². The van der Waals surface area contributed by atoms with E-state index in [-0.39, 0.29) is 18.3 Å². The molecule has 0 aliphatic rings. The van der Waals surface area contributed by atoms with Gasteiger partial charge in [0.2, 0.25) is 0 Å². The third-order valence-corrected chi connectivity index (χ3v) is 4.36. The van der Waals surface area contributed by atoms with Gasteiger partial charge >= 0.3 is 0 Å². The Balaban J connectivity index is 1.57. The lowest BCUT2D eigenvalue weighted by atomic mass is 10.2. The zero-order valence-corrected chi connectivity index (χ0v) is 15.4. The molecule has 0 fully saturated rings. The van der Waals surface area contributed by atoms with Gasteiger partial charge in [-0.05, 0) is 31.5 Å². The number of ether oxygens (including phenoxy) is 1. The summed E-state index contributed by atoms with van der Waals surface area (Å²) in [5.74, 6) is -0.734. The molecule has 140 valence electrons. The second kappa shape index (κ2) is 8.49. The standard InChI is InChI=1S/C21H22FN3O2/c1-15-18(16(2)25(24-15)13-17-8-4-3-5-9-17)12-23-21(26)14-27-20-11-7-6-10-19(20)22/h3-11H,12-14H2,1-2H3,(H,23,26). The molecule has 6 heteroatoms. The molecular weight excluding hydrogens is 345 g/mol. The normalized spacial score (nSPS) is 10.6. The molecule has 1 heterocycles. The first-order valence-electron chi connectivity index (χ1n) is 8.75. The topological polar surface area (TPSA) is 56.2 Å². The summed E-state index contributed by atoms with van der Waals surface area (Å²) in [6.45, 7) is 4.70. The van der Waals surface area contributed by atoms with Crippen LogP contribution in [-0.4, -0.2) is 22.3 Å². The van der Waals surface area contributed by atoms with E-state index in [0.29, 0.717) is 13.1 Å². The molecule has 1 N–H and O–H groups in total. The molecule has 0 saturated heterocycles. The quantitative estimate of drug-likeness (QED) is 0.696. The summed E-state index contributed by atoms with van der Waals surface area (Å²) >= 11 is 0. The molecule has 0 spiro atoms. The molecule has 2 aromatic carbocycles. The number of nitrogens with one attached hydrogen (secondary N) is 1. The van der Waals surface area contributed by atoms with Crippen LogP contribution in [-0.2, 0) is 17.9 Å². The molecular formula is C21H22FN3O2. The zero-order valence-electron chi connectivity index (χ0n) is 15.4. The lowest BCUT2D eigenvalue weighted by Crippen LogP contribution is -2.29.